The van der Waals surface area contributed by atoms with Crippen LogP contribution in [0, 0.1) is 0 Å². The van der Waals surface area contributed by atoms with E-state index in [1.54, 1.807) is 7.11 Å². The molecule has 1 aromatic carbocycles. The van der Waals surface area contributed by atoms with Gasteiger partial charge in [0.1, 0.15) is 5.75 Å². The fourth-order valence-corrected chi connectivity index (χ4v) is 2.22. The largest absolute Gasteiger partial charge is 0.496 e. The van der Waals surface area contributed by atoms with Crippen molar-refractivity contribution >= 4 is 6.08 Å². The Balaban J connectivity index is 2.47. The van der Waals surface area contributed by atoms with E-state index in [0.29, 0.717) is 6.54 Å². The quantitative estimate of drug-likeness (QED) is 0.817. The summed E-state index contributed by atoms with van der Waals surface area (Å²) in [7, 11) is 1.72. The summed E-state index contributed by atoms with van der Waals surface area (Å²) in [6, 6.07) is 4.24. The van der Waals surface area contributed by atoms with Crippen molar-refractivity contribution in [2.24, 2.45) is 5.73 Å². The first-order chi connectivity index (χ1) is 7.36. The van der Waals surface area contributed by atoms with E-state index in [0.717, 1.165) is 12.2 Å². The van der Waals surface area contributed by atoms with E-state index < -0.39 is 0 Å². The second kappa shape index (κ2) is 4.49. The van der Waals surface area contributed by atoms with Gasteiger partial charge < -0.3 is 10.5 Å². The molecule has 0 heterocycles. The molecule has 2 heteroatoms. The molecule has 2 N–H and O–H groups in total. The minimum absolute atomic E-state index is 0.576. The summed E-state index contributed by atoms with van der Waals surface area (Å²) >= 11 is 0. The monoisotopic (exact) mass is 203 g/mol. The maximum atomic E-state index is 5.49. The molecule has 0 saturated heterocycles. The van der Waals surface area contributed by atoms with Gasteiger partial charge in [-0.2, -0.15) is 0 Å². The summed E-state index contributed by atoms with van der Waals surface area (Å²) < 4.78 is 5.38. The number of hydrogen-bond acceptors (Lipinski definition) is 2. The topological polar surface area (TPSA) is 35.2 Å². The first-order valence-electron chi connectivity index (χ1n) is 5.42. The first-order valence-corrected chi connectivity index (χ1v) is 5.42. The fraction of sp³-hybridized carbons (Fsp3) is 0.385. The minimum atomic E-state index is 0.576. The maximum Gasteiger partial charge on any atom is 0.126 e. The normalized spacial score (nSPS) is 14.5. The Kier molecular flexibility index (Phi) is 3.07. The van der Waals surface area contributed by atoms with Gasteiger partial charge in [0.15, 0.2) is 0 Å². The average molecular weight is 203 g/mol. The Hall–Kier alpha value is -1.28. The van der Waals surface area contributed by atoms with Crippen LogP contribution in [0.3, 0.4) is 0 Å². The zero-order valence-corrected chi connectivity index (χ0v) is 9.12. The van der Waals surface area contributed by atoms with E-state index in [1.165, 1.54) is 29.5 Å². The molecule has 0 fully saturated rings. The van der Waals surface area contributed by atoms with Crippen LogP contribution in [0.2, 0.25) is 0 Å². The van der Waals surface area contributed by atoms with Crippen LogP contribution in [-0.2, 0) is 12.8 Å². The molecule has 0 saturated carbocycles. The van der Waals surface area contributed by atoms with Gasteiger partial charge in [-0.3, -0.25) is 0 Å². The molecule has 0 unspecified atom stereocenters. The number of aryl methyl sites for hydroxylation is 1. The third-order valence-corrected chi connectivity index (χ3v) is 2.93. The molecule has 0 amide bonds. The average Bonchev–Trinajstić information content (AvgIpc) is 2.73. The molecule has 1 aromatic rings. The van der Waals surface area contributed by atoms with Gasteiger partial charge in [-0.25, -0.2) is 0 Å². The van der Waals surface area contributed by atoms with Crippen LogP contribution in [0.4, 0.5) is 0 Å². The number of nitrogens with two attached hydrogens (primary N) is 1. The highest BCUT2D eigenvalue weighted by atomic mass is 16.5. The predicted octanol–water partition coefficient (Wildman–Crippen LogP) is 2.16. The molecule has 0 atom stereocenters. The van der Waals surface area contributed by atoms with Crippen molar-refractivity contribution in [3.8, 4) is 5.75 Å². The standard InChI is InChI=1S/C13H17NO/c1-15-13-8-7-10-4-2-5-11(10)12(13)6-3-9-14/h3,6-8H,2,4-5,9,14H2,1H3/b6-3+. The lowest BCUT2D eigenvalue weighted by atomic mass is 10.0. The van der Waals surface area contributed by atoms with E-state index in [1.807, 2.05) is 6.08 Å². The maximum absolute atomic E-state index is 5.49. The predicted molar refractivity (Wildman–Crippen MR) is 63.1 cm³/mol. The van der Waals surface area contributed by atoms with Crippen LogP contribution in [0.15, 0.2) is 18.2 Å². The molecule has 1 aliphatic carbocycles. The van der Waals surface area contributed by atoms with Crippen molar-refractivity contribution in [3.05, 3.63) is 34.9 Å². The van der Waals surface area contributed by atoms with Gasteiger partial charge in [-0.1, -0.05) is 18.2 Å². The van der Waals surface area contributed by atoms with Gasteiger partial charge in [-0.15, -0.1) is 0 Å². The van der Waals surface area contributed by atoms with Crippen molar-refractivity contribution in [1.29, 1.82) is 0 Å². The van der Waals surface area contributed by atoms with E-state index in [2.05, 4.69) is 18.2 Å². The Morgan fingerprint density at radius 2 is 2.27 bits per heavy atom. The number of hydrogen-bond donors (Lipinski definition) is 1. The summed E-state index contributed by atoms with van der Waals surface area (Å²) in [4.78, 5) is 0. The molecule has 2 rings (SSSR count). The van der Waals surface area contributed by atoms with E-state index in [9.17, 15) is 0 Å². The van der Waals surface area contributed by atoms with Crippen LogP contribution in [0.1, 0.15) is 23.1 Å². The third kappa shape index (κ3) is 1.90. The van der Waals surface area contributed by atoms with E-state index >= 15 is 0 Å². The van der Waals surface area contributed by atoms with Crippen LogP contribution in [-0.4, -0.2) is 13.7 Å². The number of rotatable bonds is 3. The molecule has 80 valence electrons. The summed E-state index contributed by atoms with van der Waals surface area (Å²) in [5.41, 5.74) is 9.61. The summed E-state index contributed by atoms with van der Waals surface area (Å²) in [5.74, 6) is 0.959. The second-order valence-corrected chi connectivity index (χ2v) is 3.81. The molecular formula is C13H17NO. The number of fused-ring (bicyclic) bond motifs is 1. The smallest absolute Gasteiger partial charge is 0.126 e. The third-order valence-electron chi connectivity index (χ3n) is 2.93. The van der Waals surface area contributed by atoms with Gasteiger partial charge in [0.25, 0.3) is 0 Å². The molecule has 0 radical (unpaired) electrons. The molecule has 1 aliphatic rings. The van der Waals surface area contributed by atoms with Crippen LogP contribution < -0.4 is 10.5 Å². The van der Waals surface area contributed by atoms with E-state index in [4.69, 9.17) is 10.5 Å². The van der Waals surface area contributed by atoms with Crippen LogP contribution in [0.25, 0.3) is 6.08 Å². The number of ether oxygens (including phenoxy) is 1. The molecule has 0 bridgehead atoms. The Morgan fingerprint density at radius 3 is 3.00 bits per heavy atom. The molecular weight excluding hydrogens is 186 g/mol. The molecule has 15 heavy (non-hydrogen) atoms. The Labute approximate surface area is 90.7 Å². The Morgan fingerprint density at radius 1 is 1.40 bits per heavy atom. The van der Waals surface area contributed by atoms with Gasteiger partial charge in [-0.05, 0) is 36.5 Å². The highest BCUT2D eigenvalue weighted by molar-refractivity contribution is 5.64. The fourth-order valence-electron chi connectivity index (χ4n) is 2.22. The molecule has 0 aliphatic heterocycles. The number of methoxy groups -OCH3 is 1. The van der Waals surface area contributed by atoms with Crippen LogP contribution in [0.5, 0.6) is 5.75 Å². The van der Waals surface area contributed by atoms with Crippen molar-refractivity contribution in [2.45, 2.75) is 19.3 Å². The van der Waals surface area contributed by atoms with Crippen molar-refractivity contribution in [2.75, 3.05) is 13.7 Å². The molecule has 2 nitrogen and oxygen atoms in total. The molecule has 0 aromatic heterocycles. The highest BCUT2D eigenvalue weighted by Gasteiger charge is 2.16. The Bertz CT molecular complexity index is 382. The lowest BCUT2D eigenvalue weighted by Gasteiger charge is -2.10. The van der Waals surface area contributed by atoms with Gasteiger partial charge in [0, 0.05) is 12.1 Å². The van der Waals surface area contributed by atoms with Crippen molar-refractivity contribution < 1.29 is 4.74 Å². The summed E-state index contributed by atoms with van der Waals surface area (Å²) in [6.07, 6.45) is 7.69. The zero-order valence-electron chi connectivity index (χ0n) is 9.12. The summed E-state index contributed by atoms with van der Waals surface area (Å²) in [5, 5.41) is 0. The lowest BCUT2D eigenvalue weighted by molar-refractivity contribution is 0.413. The first kappa shape index (κ1) is 10.2. The van der Waals surface area contributed by atoms with Gasteiger partial charge >= 0.3 is 0 Å². The minimum Gasteiger partial charge on any atom is -0.496 e. The van der Waals surface area contributed by atoms with Crippen molar-refractivity contribution in [1.82, 2.24) is 0 Å². The van der Waals surface area contributed by atoms with Gasteiger partial charge in [0.05, 0.1) is 7.11 Å². The molecule has 0 spiro atoms. The summed E-state index contributed by atoms with van der Waals surface area (Å²) in [6.45, 7) is 0.576. The highest BCUT2D eigenvalue weighted by Crippen LogP contribution is 2.32. The SMILES string of the molecule is COc1ccc2c(c1/C=C/CN)CCC2. The lowest BCUT2D eigenvalue weighted by Crippen LogP contribution is -1.96. The zero-order chi connectivity index (χ0) is 10.7. The van der Waals surface area contributed by atoms with Crippen LogP contribution >= 0.6 is 0 Å². The van der Waals surface area contributed by atoms with Crippen molar-refractivity contribution in [3.63, 3.8) is 0 Å². The number of benzene rings is 1. The van der Waals surface area contributed by atoms with E-state index in [-0.39, 0.29) is 0 Å². The second-order valence-electron chi connectivity index (χ2n) is 3.81. The van der Waals surface area contributed by atoms with Gasteiger partial charge in [0.2, 0.25) is 0 Å².